The Hall–Kier alpha value is -0.570. The number of nitrogens with zero attached hydrogens (tertiary/aromatic N) is 1. The highest BCUT2D eigenvalue weighted by Crippen LogP contribution is 2.21. The first-order valence-electron chi connectivity index (χ1n) is 5.48. The molecule has 0 aliphatic carbocycles. The van der Waals surface area contributed by atoms with Gasteiger partial charge in [-0.15, -0.1) is 0 Å². The third kappa shape index (κ3) is 3.20. The molecular weight excluding hydrogens is 208 g/mol. The monoisotopic (exact) mass is 224 g/mol. The summed E-state index contributed by atoms with van der Waals surface area (Å²) in [5.41, 5.74) is 1.38. The first-order chi connectivity index (χ1) is 7.24. The zero-order valence-corrected chi connectivity index (χ0v) is 9.58. The number of nitrogens with two attached hydrogens (primary N) is 1. The number of piperidine rings is 1. The summed E-state index contributed by atoms with van der Waals surface area (Å²) in [4.78, 5) is 0. The molecule has 0 saturated carbocycles. The summed E-state index contributed by atoms with van der Waals surface area (Å²) in [6, 6.07) is 8.18. The standard InChI is InChI=1S/C12H17ClN2/c13-12-3-1-10(2-4-12)9-11-5-7-15(14)8-6-11/h1-4,11H,5-9,14H2. The predicted molar refractivity (Wildman–Crippen MR) is 63.6 cm³/mol. The van der Waals surface area contributed by atoms with Gasteiger partial charge in [-0.25, -0.2) is 5.01 Å². The van der Waals surface area contributed by atoms with E-state index in [0.717, 1.165) is 30.5 Å². The van der Waals surface area contributed by atoms with Gasteiger partial charge >= 0.3 is 0 Å². The average molecular weight is 225 g/mol. The fourth-order valence-corrected chi connectivity index (χ4v) is 2.24. The van der Waals surface area contributed by atoms with Crippen LogP contribution in [0.1, 0.15) is 18.4 Å². The lowest BCUT2D eigenvalue weighted by Gasteiger charge is -2.28. The van der Waals surface area contributed by atoms with Gasteiger partial charge in [0.25, 0.3) is 0 Å². The van der Waals surface area contributed by atoms with E-state index >= 15 is 0 Å². The van der Waals surface area contributed by atoms with Crippen molar-refractivity contribution >= 4 is 11.6 Å². The second-order valence-electron chi connectivity index (χ2n) is 4.31. The number of rotatable bonds is 2. The van der Waals surface area contributed by atoms with E-state index in [0.29, 0.717) is 0 Å². The van der Waals surface area contributed by atoms with Crippen molar-refractivity contribution in [3.63, 3.8) is 0 Å². The van der Waals surface area contributed by atoms with E-state index in [2.05, 4.69) is 12.1 Å². The Morgan fingerprint density at radius 3 is 2.40 bits per heavy atom. The van der Waals surface area contributed by atoms with Crippen LogP contribution in [0.2, 0.25) is 5.02 Å². The summed E-state index contributed by atoms with van der Waals surface area (Å²) in [5, 5.41) is 2.73. The van der Waals surface area contributed by atoms with Crippen LogP contribution in [0.3, 0.4) is 0 Å². The number of hydrazine groups is 1. The molecule has 1 fully saturated rings. The van der Waals surface area contributed by atoms with Gasteiger partial charge in [-0.2, -0.15) is 0 Å². The third-order valence-electron chi connectivity index (χ3n) is 3.09. The van der Waals surface area contributed by atoms with Gasteiger partial charge in [0.2, 0.25) is 0 Å². The molecule has 0 aromatic heterocycles. The molecule has 0 radical (unpaired) electrons. The molecule has 82 valence electrons. The van der Waals surface area contributed by atoms with E-state index in [4.69, 9.17) is 17.4 Å². The summed E-state index contributed by atoms with van der Waals surface area (Å²) in [5.74, 6) is 6.51. The molecule has 2 N–H and O–H groups in total. The Labute approximate surface area is 96.0 Å². The van der Waals surface area contributed by atoms with Crippen molar-refractivity contribution in [3.05, 3.63) is 34.9 Å². The highest BCUT2D eigenvalue weighted by atomic mass is 35.5. The smallest absolute Gasteiger partial charge is 0.0406 e. The normalized spacial score (nSPS) is 19.3. The molecule has 1 aliphatic rings. The van der Waals surface area contributed by atoms with Crippen molar-refractivity contribution in [2.75, 3.05) is 13.1 Å². The summed E-state index contributed by atoms with van der Waals surface area (Å²) in [6.07, 6.45) is 3.57. The van der Waals surface area contributed by atoms with Crippen LogP contribution in [0, 0.1) is 5.92 Å². The first-order valence-corrected chi connectivity index (χ1v) is 5.86. The average Bonchev–Trinajstić information content (AvgIpc) is 2.25. The lowest BCUT2D eigenvalue weighted by atomic mass is 9.91. The zero-order chi connectivity index (χ0) is 10.7. The Balaban J connectivity index is 1.89. The maximum absolute atomic E-state index is 5.85. The molecule has 1 saturated heterocycles. The minimum absolute atomic E-state index is 0.783. The topological polar surface area (TPSA) is 29.3 Å². The molecule has 0 bridgehead atoms. The number of hydrogen-bond donors (Lipinski definition) is 1. The van der Waals surface area contributed by atoms with Gasteiger partial charge < -0.3 is 0 Å². The summed E-state index contributed by atoms with van der Waals surface area (Å²) in [7, 11) is 0. The summed E-state index contributed by atoms with van der Waals surface area (Å²) in [6.45, 7) is 2.05. The van der Waals surface area contributed by atoms with Gasteiger partial charge in [-0.3, -0.25) is 5.84 Å². The fraction of sp³-hybridized carbons (Fsp3) is 0.500. The van der Waals surface area contributed by atoms with Crippen LogP contribution in [-0.4, -0.2) is 18.1 Å². The SMILES string of the molecule is NN1CCC(Cc2ccc(Cl)cc2)CC1. The van der Waals surface area contributed by atoms with Crippen molar-refractivity contribution in [2.45, 2.75) is 19.3 Å². The molecule has 0 unspecified atom stereocenters. The number of halogens is 1. The van der Waals surface area contributed by atoms with Gasteiger partial charge in [0.05, 0.1) is 0 Å². The highest BCUT2D eigenvalue weighted by molar-refractivity contribution is 6.30. The van der Waals surface area contributed by atoms with E-state index in [1.165, 1.54) is 18.4 Å². The molecule has 0 atom stereocenters. The van der Waals surface area contributed by atoms with Crippen LogP contribution >= 0.6 is 11.6 Å². The van der Waals surface area contributed by atoms with E-state index in [1.807, 2.05) is 17.1 Å². The van der Waals surface area contributed by atoms with Gasteiger partial charge in [0.1, 0.15) is 0 Å². The molecule has 15 heavy (non-hydrogen) atoms. The van der Waals surface area contributed by atoms with Crippen LogP contribution in [-0.2, 0) is 6.42 Å². The second kappa shape index (κ2) is 4.97. The van der Waals surface area contributed by atoms with Crippen molar-refractivity contribution in [2.24, 2.45) is 11.8 Å². The molecular formula is C12H17ClN2. The van der Waals surface area contributed by atoms with Crippen LogP contribution in [0.15, 0.2) is 24.3 Å². The maximum Gasteiger partial charge on any atom is 0.0406 e. The van der Waals surface area contributed by atoms with E-state index in [-0.39, 0.29) is 0 Å². The lowest BCUT2D eigenvalue weighted by Crippen LogP contribution is -2.39. The van der Waals surface area contributed by atoms with Crippen molar-refractivity contribution in [3.8, 4) is 0 Å². The highest BCUT2D eigenvalue weighted by Gasteiger charge is 2.16. The Bertz CT molecular complexity index is 302. The molecule has 2 rings (SSSR count). The largest absolute Gasteiger partial charge is 0.269 e. The summed E-state index contributed by atoms with van der Waals surface area (Å²) < 4.78 is 0. The predicted octanol–water partition coefficient (Wildman–Crippen LogP) is 2.47. The van der Waals surface area contributed by atoms with Gasteiger partial charge in [0.15, 0.2) is 0 Å². The lowest BCUT2D eigenvalue weighted by molar-refractivity contribution is 0.187. The van der Waals surface area contributed by atoms with Crippen molar-refractivity contribution in [1.29, 1.82) is 0 Å². The van der Waals surface area contributed by atoms with Crippen molar-refractivity contribution < 1.29 is 0 Å². The van der Waals surface area contributed by atoms with Crippen LogP contribution in [0.25, 0.3) is 0 Å². The van der Waals surface area contributed by atoms with E-state index < -0.39 is 0 Å². The van der Waals surface area contributed by atoms with E-state index in [9.17, 15) is 0 Å². The number of benzene rings is 1. The van der Waals surface area contributed by atoms with Crippen molar-refractivity contribution in [1.82, 2.24) is 5.01 Å². The van der Waals surface area contributed by atoms with Crippen LogP contribution in [0.4, 0.5) is 0 Å². The fourth-order valence-electron chi connectivity index (χ4n) is 2.11. The second-order valence-corrected chi connectivity index (χ2v) is 4.75. The molecule has 3 heteroatoms. The van der Waals surface area contributed by atoms with E-state index in [1.54, 1.807) is 0 Å². The van der Waals surface area contributed by atoms with Crippen LogP contribution < -0.4 is 5.84 Å². The molecule has 0 amide bonds. The molecule has 0 spiro atoms. The van der Waals surface area contributed by atoms with Gasteiger partial charge in [-0.1, -0.05) is 23.7 Å². The maximum atomic E-state index is 5.85. The minimum atomic E-state index is 0.783. The van der Waals surface area contributed by atoms with Crippen LogP contribution in [0.5, 0.6) is 0 Å². The molecule has 2 nitrogen and oxygen atoms in total. The summed E-state index contributed by atoms with van der Waals surface area (Å²) >= 11 is 5.85. The zero-order valence-electron chi connectivity index (χ0n) is 8.82. The molecule has 1 aromatic carbocycles. The molecule has 1 heterocycles. The molecule has 1 aliphatic heterocycles. The number of hydrogen-bond acceptors (Lipinski definition) is 2. The minimum Gasteiger partial charge on any atom is -0.269 e. The molecule has 1 aromatic rings. The Morgan fingerprint density at radius 2 is 1.80 bits per heavy atom. The Morgan fingerprint density at radius 1 is 1.20 bits per heavy atom. The van der Waals surface area contributed by atoms with Gasteiger partial charge in [0, 0.05) is 18.1 Å². The third-order valence-corrected chi connectivity index (χ3v) is 3.34. The van der Waals surface area contributed by atoms with Gasteiger partial charge in [-0.05, 0) is 42.9 Å². The quantitative estimate of drug-likeness (QED) is 0.783. The Kier molecular flexibility index (Phi) is 3.62. The first kappa shape index (κ1) is 10.9.